The molecule has 1 heterocycles. The Hall–Kier alpha value is -3.74. The van der Waals surface area contributed by atoms with Crippen molar-refractivity contribution in [3.05, 3.63) is 65.7 Å². The van der Waals surface area contributed by atoms with E-state index in [4.69, 9.17) is 9.47 Å². The smallest absolute Gasteiger partial charge is 0.175 e. The molecule has 0 amide bonds. The Morgan fingerprint density at radius 1 is 0.967 bits per heavy atom. The summed E-state index contributed by atoms with van der Waals surface area (Å²) in [5.74, 6) is 1.93. The van der Waals surface area contributed by atoms with Gasteiger partial charge in [0.25, 0.3) is 0 Å². The second-order valence-corrected chi connectivity index (χ2v) is 6.69. The predicted molar refractivity (Wildman–Crippen MR) is 117 cm³/mol. The van der Waals surface area contributed by atoms with Gasteiger partial charge >= 0.3 is 0 Å². The van der Waals surface area contributed by atoms with Crippen molar-refractivity contribution in [2.45, 2.75) is 20.3 Å². The summed E-state index contributed by atoms with van der Waals surface area (Å²) in [6.45, 7) is 3.11. The third kappa shape index (κ3) is 5.00. The van der Waals surface area contributed by atoms with Crippen LogP contribution < -0.4 is 14.9 Å². The minimum absolute atomic E-state index is 0.114. The molecule has 0 saturated carbocycles. The largest absolute Gasteiger partial charge is 0.497 e. The molecule has 0 aliphatic carbocycles. The molecule has 0 spiro atoms. The van der Waals surface area contributed by atoms with Crippen molar-refractivity contribution >= 4 is 17.3 Å². The lowest BCUT2D eigenvalue weighted by atomic mass is 10.0. The third-order valence-corrected chi connectivity index (χ3v) is 4.67. The Balaban J connectivity index is 2.01. The maximum absolute atomic E-state index is 11.5. The first kappa shape index (κ1) is 21.0. The van der Waals surface area contributed by atoms with Crippen LogP contribution in [0, 0.1) is 0 Å². The van der Waals surface area contributed by atoms with Crippen molar-refractivity contribution in [2.24, 2.45) is 5.10 Å². The first-order valence-electron chi connectivity index (χ1n) is 9.46. The molecule has 0 unspecified atom stereocenters. The van der Waals surface area contributed by atoms with Crippen LogP contribution in [0.1, 0.15) is 25.0 Å². The molecule has 1 N–H and O–H groups in total. The summed E-state index contributed by atoms with van der Waals surface area (Å²) in [7, 11) is 3.27. The van der Waals surface area contributed by atoms with Crippen molar-refractivity contribution in [3.63, 3.8) is 0 Å². The lowest BCUT2D eigenvalue weighted by molar-refractivity contribution is -0.111. The topological polar surface area (TPSA) is 85.7 Å². The third-order valence-electron chi connectivity index (χ3n) is 4.67. The van der Waals surface area contributed by atoms with E-state index in [-0.39, 0.29) is 5.78 Å². The predicted octanol–water partition coefficient (Wildman–Crippen LogP) is 4.13. The minimum Gasteiger partial charge on any atom is -0.497 e. The second kappa shape index (κ2) is 9.65. The Morgan fingerprint density at radius 3 is 2.37 bits per heavy atom. The number of nitrogens with one attached hydrogen (secondary N) is 1. The van der Waals surface area contributed by atoms with Gasteiger partial charge in [0.2, 0.25) is 0 Å². The Bertz CT molecular complexity index is 1060. The van der Waals surface area contributed by atoms with Gasteiger partial charge in [-0.05, 0) is 48.9 Å². The molecule has 30 heavy (non-hydrogen) atoms. The molecule has 0 bridgehead atoms. The fraction of sp³-hybridized carbons (Fsp3) is 0.217. The highest BCUT2D eigenvalue weighted by molar-refractivity contribution is 6.38. The highest BCUT2D eigenvalue weighted by Gasteiger charge is 2.12. The number of ketones is 1. The number of aromatic nitrogens is 2. The summed E-state index contributed by atoms with van der Waals surface area (Å²) in [4.78, 5) is 11.5. The zero-order chi connectivity index (χ0) is 21.5. The van der Waals surface area contributed by atoms with Crippen molar-refractivity contribution in [1.82, 2.24) is 10.2 Å². The number of Topliss-reactive ketones (excluding diaryl/α,β-unsaturated/α-hetero) is 1. The van der Waals surface area contributed by atoms with E-state index in [9.17, 15) is 4.79 Å². The number of hydrazone groups is 1. The summed E-state index contributed by atoms with van der Waals surface area (Å²) >= 11 is 0. The Morgan fingerprint density at radius 2 is 1.70 bits per heavy atom. The lowest BCUT2D eigenvalue weighted by Gasteiger charge is -2.12. The van der Waals surface area contributed by atoms with Crippen molar-refractivity contribution < 1.29 is 14.3 Å². The summed E-state index contributed by atoms with van der Waals surface area (Å²) in [5.41, 5.74) is 6.76. The van der Waals surface area contributed by atoms with Gasteiger partial charge in [0.15, 0.2) is 11.6 Å². The van der Waals surface area contributed by atoms with E-state index in [1.54, 1.807) is 21.1 Å². The van der Waals surface area contributed by atoms with E-state index in [1.807, 2.05) is 54.6 Å². The monoisotopic (exact) mass is 404 g/mol. The molecule has 7 nitrogen and oxygen atoms in total. The summed E-state index contributed by atoms with van der Waals surface area (Å²) in [5, 5.41) is 12.8. The highest BCUT2D eigenvalue weighted by Crippen LogP contribution is 2.27. The number of carbonyl (C=O) groups excluding carboxylic acids is 1. The van der Waals surface area contributed by atoms with Crippen LogP contribution in [-0.2, 0) is 11.2 Å². The van der Waals surface area contributed by atoms with Crippen LogP contribution in [0.15, 0.2) is 59.7 Å². The van der Waals surface area contributed by atoms with Gasteiger partial charge in [-0.25, -0.2) is 0 Å². The molecular weight excluding hydrogens is 380 g/mol. The van der Waals surface area contributed by atoms with E-state index in [2.05, 4.69) is 20.7 Å². The number of benzene rings is 2. The molecule has 7 heteroatoms. The molecule has 1 aromatic heterocycles. The van der Waals surface area contributed by atoms with Crippen LogP contribution in [0.4, 0.5) is 5.82 Å². The quantitative estimate of drug-likeness (QED) is 0.449. The average Bonchev–Trinajstić information content (AvgIpc) is 2.78. The van der Waals surface area contributed by atoms with Gasteiger partial charge in [0, 0.05) is 24.5 Å². The summed E-state index contributed by atoms with van der Waals surface area (Å²) in [6, 6.07) is 17.4. The van der Waals surface area contributed by atoms with Crippen molar-refractivity contribution in [2.75, 3.05) is 19.6 Å². The van der Waals surface area contributed by atoms with Gasteiger partial charge in [-0.2, -0.15) is 5.10 Å². The molecule has 0 radical (unpaired) electrons. The van der Waals surface area contributed by atoms with Gasteiger partial charge in [0.05, 0.1) is 19.9 Å². The SMILES string of the molecule is COc1ccc(-c2cc(Cc3ccccc3OC)c(N/N=C(/C)C(C)=O)nn2)cc1. The van der Waals surface area contributed by atoms with Crippen LogP contribution in [0.3, 0.4) is 0 Å². The number of carbonyl (C=O) groups is 1. The zero-order valence-corrected chi connectivity index (χ0v) is 17.5. The molecule has 0 aliphatic heterocycles. The van der Waals surface area contributed by atoms with Crippen LogP contribution in [0.25, 0.3) is 11.3 Å². The number of rotatable bonds is 8. The maximum atomic E-state index is 11.5. The van der Waals surface area contributed by atoms with E-state index in [0.717, 1.165) is 33.9 Å². The fourth-order valence-electron chi connectivity index (χ4n) is 2.83. The van der Waals surface area contributed by atoms with Gasteiger partial charge in [0.1, 0.15) is 17.2 Å². The van der Waals surface area contributed by atoms with E-state index in [0.29, 0.717) is 18.0 Å². The van der Waals surface area contributed by atoms with Gasteiger partial charge in [-0.15, -0.1) is 10.2 Å². The average molecular weight is 404 g/mol. The van der Waals surface area contributed by atoms with E-state index in [1.165, 1.54) is 6.92 Å². The Kier molecular flexibility index (Phi) is 6.75. The molecule has 0 saturated heterocycles. The fourth-order valence-corrected chi connectivity index (χ4v) is 2.83. The van der Waals surface area contributed by atoms with Gasteiger partial charge < -0.3 is 9.47 Å². The molecule has 154 valence electrons. The molecule has 3 rings (SSSR count). The normalized spacial score (nSPS) is 11.1. The molecule has 3 aromatic rings. The van der Waals surface area contributed by atoms with Gasteiger partial charge in [-0.3, -0.25) is 10.2 Å². The summed E-state index contributed by atoms with van der Waals surface area (Å²) < 4.78 is 10.7. The first-order chi connectivity index (χ1) is 14.5. The highest BCUT2D eigenvalue weighted by atomic mass is 16.5. The molecule has 0 aliphatic rings. The lowest BCUT2D eigenvalue weighted by Crippen LogP contribution is -2.09. The van der Waals surface area contributed by atoms with Crippen LogP contribution in [0.5, 0.6) is 11.5 Å². The van der Waals surface area contributed by atoms with Crippen molar-refractivity contribution in [1.29, 1.82) is 0 Å². The van der Waals surface area contributed by atoms with E-state index < -0.39 is 0 Å². The zero-order valence-electron chi connectivity index (χ0n) is 17.5. The van der Waals surface area contributed by atoms with Crippen LogP contribution >= 0.6 is 0 Å². The van der Waals surface area contributed by atoms with Crippen LogP contribution in [-0.4, -0.2) is 35.9 Å². The number of nitrogens with zero attached hydrogens (tertiary/aromatic N) is 3. The number of methoxy groups -OCH3 is 2. The standard InChI is InChI=1S/C23H24N4O3/c1-15(16(2)28)24-26-23-19(13-18-7-5-6-8-22(18)30-4)14-21(25-27-23)17-9-11-20(29-3)12-10-17/h5-12,14H,13H2,1-4H3,(H,26,27)/b24-15-. The molecule has 0 fully saturated rings. The number of ether oxygens (including phenoxy) is 2. The number of anilines is 1. The van der Waals surface area contributed by atoms with Crippen LogP contribution in [0.2, 0.25) is 0 Å². The molecule has 2 aromatic carbocycles. The van der Waals surface area contributed by atoms with Crippen molar-refractivity contribution in [3.8, 4) is 22.8 Å². The van der Waals surface area contributed by atoms with E-state index >= 15 is 0 Å². The molecule has 0 atom stereocenters. The molecular formula is C23H24N4O3. The minimum atomic E-state index is -0.114. The maximum Gasteiger partial charge on any atom is 0.175 e. The number of para-hydroxylation sites is 1. The Labute approximate surface area is 175 Å². The number of hydrogen-bond donors (Lipinski definition) is 1. The summed E-state index contributed by atoms with van der Waals surface area (Å²) in [6.07, 6.45) is 0.555. The second-order valence-electron chi connectivity index (χ2n) is 6.69. The first-order valence-corrected chi connectivity index (χ1v) is 9.46. The van der Waals surface area contributed by atoms with Gasteiger partial charge in [-0.1, -0.05) is 18.2 Å². The number of hydrogen-bond acceptors (Lipinski definition) is 7.